The SMILES string of the molecule is CC(=O)C(Cl)(Cl)C(C)C. The zero-order valence-corrected chi connectivity index (χ0v) is 7.25. The molecule has 0 unspecified atom stereocenters. The van der Waals surface area contributed by atoms with Gasteiger partial charge in [0, 0.05) is 0 Å². The molecule has 9 heavy (non-hydrogen) atoms. The van der Waals surface area contributed by atoms with Crippen LogP contribution in [0.3, 0.4) is 0 Å². The van der Waals surface area contributed by atoms with Crippen molar-refractivity contribution in [3.63, 3.8) is 0 Å². The van der Waals surface area contributed by atoms with Crippen molar-refractivity contribution in [3.05, 3.63) is 0 Å². The normalized spacial score (nSPS) is 12.2. The van der Waals surface area contributed by atoms with E-state index in [1.54, 1.807) is 13.8 Å². The summed E-state index contributed by atoms with van der Waals surface area (Å²) < 4.78 is -1.19. The number of carbonyl (C=O) groups excluding carboxylic acids is 1. The lowest BCUT2D eigenvalue weighted by Gasteiger charge is -2.19. The first-order chi connectivity index (χ1) is 3.89. The molecular formula is C6H10Cl2O. The maximum absolute atomic E-state index is 10.6. The van der Waals surface area contributed by atoms with Crippen LogP contribution < -0.4 is 0 Å². The summed E-state index contributed by atoms with van der Waals surface area (Å²) in [5, 5.41) is 0. The number of alkyl halides is 2. The average Bonchev–Trinajstić information content (AvgIpc) is 1.65. The molecule has 1 nitrogen and oxygen atoms in total. The van der Waals surface area contributed by atoms with Gasteiger partial charge >= 0.3 is 0 Å². The van der Waals surface area contributed by atoms with Crippen LogP contribution in [0.2, 0.25) is 0 Å². The van der Waals surface area contributed by atoms with E-state index in [-0.39, 0.29) is 11.7 Å². The largest absolute Gasteiger partial charge is 0.297 e. The van der Waals surface area contributed by atoms with E-state index in [4.69, 9.17) is 23.2 Å². The molecule has 0 amide bonds. The zero-order valence-electron chi connectivity index (χ0n) is 5.74. The Morgan fingerprint density at radius 3 is 1.78 bits per heavy atom. The number of carbonyl (C=O) groups is 1. The first-order valence-corrected chi connectivity index (χ1v) is 3.53. The van der Waals surface area contributed by atoms with Gasteiger partial charge in [-0.15, -0.1) is 0 Å². The van der Waals surface area contributed by atoms with Gasteiger partial charge < -0.3 is 0 Å². The van der Waals surface area contributed by atoms with Crippen molar-refractivity contribution in [3.8, 4) is 0 Å². The molecule has 3 heteroatoms. The number of ketones is 1. The molecule has 0 aliphatic carbocycles. The van der Waals surface area contributed by atoms with Crippen LogP contribution in [0.4, 0.5) is 0 Å². The second-order valence-electron chi connectivity index (χ2n) is 2.33. The number of hydrogen-bond donors (Lipinski definition) is 0. The van der Waals surface area contributed by atoms with E-state index in [1.807, 2.05) is 0 Å². The van der Waals surface area contributed by atoms with E-state index in [9.17, 15) is 4.79 Å². The molecule has 0 aromatic carbocycles. The molecule has 0 aliphatic rings. The summed E-state index contributed by atoms with van der Waals surface area (Å²) in [5.74, 6) is -0.223. The molecule has 0 fully saturated rings. The fourth-order valence-electron chi connectivity index (χ4n) is 0.407. The summed E-state index contributed by atoms with van der Waals surface area (Å²) in [6.07, 6.45) is 0. The van der Waals surface area contributed by atoms with Gasteiger partial charge in [0.05, 0.1) is 0 Å². The minimum Gasteiger partial charge on any atom is -0.297 e. The second-order valence-corrected chi connectivity index (χ2v) is 3.72. The summed E-state index contributed by atoms with van der Waals surface area (Å²) >= 11 is 11.2. The number of rotatable bonds is 2. The van der Waals surface area contributed by atoms with Crippen molar-refractivity contribution >= 4 is 29.0 Å². The molecule has 0 aromatic rings. The highest BCUT2D eigenvalue weighted by molar-refractivity contribution is 6.58. The molecule has 0 aromatic heterocycles. The lowest BCUT2D eigenvalue weighted by molar-refractivity contribution is -0.118. The first-order valence-electron chi connectivity index (χ1n) is 2.78. The van der Waals surface area contributed by atoms with Crippen molar-refractivity contribution < 1.29 is 4.79 Å². The monoisotopic (exact) mass is 168 g/mol. The van der Waals surface area contributed by atoms with E-state index in [2.05, 4.69) is 0 Å². The van der Waals surface area contributed by atoms with Crippen molar-refractivity contribution in [2.45, 2.75) is 25.1 Å². The van der Waals surface area contributed by atoms with E-state index in [1.165, 1.54) is 6.92 Å². The third kappa shape index (κ3) is 2.15. The smallest absolute Gasteiger partial charge is 0.177 e. The molecule has 0 saturated carbocycles. The quantitative estimate of drug-likeness (QED) is 0.580. The summed E-state index contributed by atoms with van der Waals surface area (Å²) in [4.78, 5) is 10.6. The van der Waals surface area contributed by atoms with Crippen molar-refractivity contribution in [1.82, 2.24) is 0 Å². The van der Waals surface area contributed by atoms with E-state index in [0.717, 1.165) is 0 Å². The maximum Gasteiger partial charge on any atom is 0.177 e. The molecule has 54 valence electrons. The maximum atomic E-state index is 10.6. The summed E-state index contributed by atoms with van der Waals surface area (Å²) in [6, 6.07) is 0. The summed E-state index contributed by atoms with van der Waals surface area (Å²) in [7, 11) is 0. The zero-order chi connectivity index (χ0) is 7.65. The van der Waals surface area contributed by atoms with Crippen LogP contribution in [0.1, 0.15) is 20.8 Å². The number of hydrogen-bond acceptors (Lipinski definition) is 1. The molecule has 0 saturated heterocycles. The van der Waals surface area contributed by atoms with E-state index in [0.29, 0.717) is 0 Å². The van der Waals surface area contributed by atoms with Crippen LogP contribution in [-0.4, -0.2) is 10.1 Å². The van der Waals surface area contributed by atoms with Crippen molar-refractivity contribution in [2.24, 2.45) is 5.92 Å². The molecule has 0 aliphatic heterocycles. The Balaban J connectivity index is 4.19. The van der Waals surface area contributed by atoms with Gasteiger partial charge in [0.15, 0.2) is 10.1 Å². The molecule has 0 heterocycles. The highest BCUT2D eigenvalue weighted by Gasteiger charge is 2.33. The molecular weight excluding hydrogens is 159 g/mol. The van der Waals surface area contributed by atoms with Crippen LogP contribution in [0.5, 0.6) is 0 Å². The fraction of sp³-hybridized carbons (Fsp3) is 0.833. The van der Waals surface area contributed by atoms with E-state index < -0.39 is 4.33 Å². The predicted molar refractivity (Wildman–Crippen MR) is 40.0 cm³/mol. The third-order valence-electron chi connectivity index (χ3n) is 1.19. The topological polar surface area (TPSA) is 17.1 Å². The molecule has 0 rings (SSSR count). The minimum absolute atomic E-state index is 0.0293. The van der Waals surface area contributed by atoms with Gasteiger partial charge in [-0.25, -0.2) is 0 Å². The Kier molecular flexibility index (Phi) is 2.97. The lowest BCUT2D eigenvalue weighted by atomic mass is 10.1. The standard InChI is InChI=1S/C6H10Cl2O/c1-4(2)6(7,8)5(3)9/h4H,1-3H3. The van der Waals surface area contributed by atoms with Gasteiger partial charge in [-0.2, -0.15) is 0 Å². The second kappa shape index (κ2) is 2.89. The third-order valence-corrected chi connectivity index (χ3v) is 2.60. The Hall–Kier alpha value is 0.250. The average molecular weight is 169 g/mol. The molecule has 0 spiro atoms. The number of Topliss-reactive ketones (excluding diaryl/α,β-unsaturated/α-hetero) is 1. The molecule has 0 N–H and O–H groups in total. The predicted octanol–water partition coefficient (Wildman–Crippen LogP) is 2.41. The van der Waals surface area contributed by atoms with Gasteiger partial charge in [0.25, 0.3) is 0 Å². The Morgan fingerprint density at radius 1 is 1.44 bits per heavy atom. The highest BCUT2D eigenvalue weighted by atomic mass is 35.5. The summed E-state index contributed by atoms with van der Waals surface area (Å²) in [5.41, 5.74) is 0. The van der Waals surface area contributed by atoms with Crippen LogP contribution in [0.25, 0.3) is 0 Å². The van der Waals surface area contributed by atoms with E-state index >= 15 is 0 Å². The van der Waals surface area contributed by atoms with Gasteiger partial charge in [-0.3, -0.25) is 4.79 Å². The Bertz CT molecular complexity index is 118. The first kappa shape index (κ1) is 9.25. The van der Waals surface area contributed by atoms with Crippen LogP contribution in [0.15, 0.2) is 0 Å². The summed E-state index contributed by atoms with van der Waals surface area (Å²) in [6.45, 7) is 5.00. The number of halogens is 2. The van der Waals surface area contributed by atoms with Crippen molar-refractivity contribution in [1.29, 1.82) is 0 Å². The Labute approximate surface area is 65.3 Å². The Morgan fingerprint density at radius 2 is 1.78 bits per heavy atom. The van der Waals surface area contributed by atoms with Crippen molar-refractivity contribution in [2.75, 3.05) is 0 Å². The minimum atomic E-state index is -1.19. The van der Waals surface area contributed by atoms with Crippen LogP contribution >= 0.6 is 23.2 Å². The van der Waals surface area contributed by atoms with Gasteiger partial charge in [0.2, 0.25) is 0 Å². The van der Waals surface area contributed by atoms with Crippen LogP contribution in [0, 0.1) is 5.92 Å². The lowest BCUT2D eigenvalue weighted by Crippen LogP contribution is -2.29. The molecule has 0 bridgehead atoms. The van der Waals surface area contributed by atoms with Gasteiger partial charge in [0.1, 0.15) is 0 Å². The van der Waals surface area contributed by atoms with Crippen LogP contribution in [-0.2, 0) is 4.79 Å². The molecule has 0 radical (unpaired) electrons. The molecule has 0 atom stereocenters. The van der Waals surface area contributed by atoms with Gasteiger partial charge in [-0.1, -0.05) is 37.0 Å². The van der Waals surface area contributed by atoms with Gasteiger partial charge in [-0.05, 0) is 12.8 Å². The highest BCUT2D eigenvalue weighted by Crippen LogP contribution is 2.30. The fourth-order valence-corrected chi connectivity index (χ4v) is 0.407.